The molecule has 8 saturated heterocycles. The fraction of sp³-hybridized carbons (Fsp3) is 0.974. The van der Waals surface area contributed by atoms with E-state index in [1.807, 2.05) is 0 Å². The molecule has 0 aromatic rings. The summed E-state index contributed by atoms with van der Waals surface area (Å²) in [7, 11) is 0. The monoisotopic (exact) mass is 1510 g/mol. The standard InChI is InChI=1S/2C39H62O14/c2*1-17-7-10-39(48-16-17)18(2)27-24(53-39)12-22-21-6-5-19-11-20(8-9-37(19,3)28(21)23(42)13-38(22,27)4)49-35-33(47)31(45)34(26(15-41)51-35)52-36-32(46)30(44)29(43)25(14-40)50-36/h2*17-22,24-36,40-41,43-47H,5-16H2,1-4H3/t2*17-,18+,19+,20+,21+,22+,24+,25-,26-,27+,28-,29-,30+,31-,32-,33-,34-,35-,36+,37+,38+,39-/m11/s1. The van der Waals surface area contributed by atoms with Crippen LogP contribution in [0.1, 0.15) is 171 Å². The Morgan fingerprint density at radius 3 is 1.08 bits per heavy atom. The number of fused-ring (bicyclic) bond motifs is 14. The molecule has 0 radical (unpaired) electrons. The number of ketones is 2. The Bertz CT molecular complexity index is 2880. The van der Waals surface area contributed by atoms with Crippen molar-refractivity contribution in [3.63, 3.8) is 0 Å². The van der Waals surface area contributed by atoms with E-state index in [2.05, 4.69) is 55.4 Å². The number of rotatable bonds is 12. The molecule has 2 spiro atoms. The summed E-state index contributed by atoms with van der Waals surface area (Å²) in [5, 5.41) is 145. The van der Waals surface area contributed by atoms with E-state index in [1.165, 1.54) is 0 Å². The summed E-state index contributed by atoms with van der Waals surface area (Å²) < 4.78 is 73.5. The highest BCUT2D eigenvalue weighted by atomic mass is 16.8. The van der Waals surface area contributed by atoms with Gasteiger partial charge < -0.3 is 128 Å². The third-order valence-electron chi connectivity index (χ3n) is 31.7. The molecule has 28 nitrogen and oxygen atoms in total. The minimum Gasteiger partial charge on any atom is -0.394 e. The van der Waals surface area contributed by atoms with Crippen LogP contribution in [0.2, 0.25) is 0 Å². The third kappa shape index (κ3) is 13.0. The molecule has 0 amide bonds. The lowest BCUT2D eigenvalue weighted by Crippen LogP contribution is -2.65. The van der Waals surface area contributed by atoms with Crippen LogP contribution in [0.5, 0.6) is 0 Å². The lowest BCUT2D eigenvalue weighted by molar-refractivity contribution is -0.364. The SMILES string of the molecule is C[C@@H]1CC[C@@]2(OC1)O[C@H]1C[C@H]3[C@@H]4CC[C@H]5C[C@@H](O[C@@H]6O[C@H](CO)[C@@H](O[C@@H]7O[C@H](CO)[C@@H](O)[C@H](O)[C@H]7O)[C@H](O)[C@H]6O)CC[C@]5(C)[C@H]4C(=O)C[C@]3(C)[C@H]1[C@@H]2C.C[C@@H]1CC[C@@]2(OC1)O[C@H]1C[C@H]3[C@@H]4CC[C@H]5C[C@@H](O[C@@H]6O[C@H](CO)[C@@H](O[C@@H]7O[C@H](CO)[C@@H](O)[C@H](O)[C@H]7O)[C@H](O)[C@H]6O)CC[C@]5(C)[C@H]4C(=O)C[C@]3(C)[C@H]1[C@@H]2C. The van der Waals surface area contributed by atoms with Crippen LogP contribution in [0, 0.1) is 105 Å². The van der Waals surface area contributed by atoms with Crippen molar-refractivity contribution in [3.05, 3.63) is 0 Å². The van der Waals surface area contributed by atoms with Crippen molar-refractivity contribution < 1.29 is 138 Å². The second kappa shape index (κ2) is 29.9. The van der Waals surface area contributed by atoms with Crippen molar-refractivity contribution in [2.24, 2.45) is 105 Å². The van der Waals surface area contributed by atoms with Gasteiger partial charge in [-0.2, -0.15) is 0 Å². The Balaban J connectivity index is 0.000000170. The van der Waals surface area contributed by atoms with Crippen LogP contribution in [0.25, 0.3) is 0 Å². The summed E-state index contributed by atoms with van der Waals surface area (Å²) in [6.07, 6.45) is -15.0. The van der Waals surface area contributed by atoms with Gasteiger partial charge in [-0.25, -0.2) is 0 Å². The summed E-state index contributed by atoms with van der Waals surface area (Å²) in [4.78, 5) is 28.9. The van der Waals surface area contributed by atoms with Gasteiger partial charge in [0.15, 0.2) is 36.7 Å². The number of Topliss-reactive ketones (excluding diaryl/α,β-unsaturated/α-hetero) is 2. The first-order chi connectivity index (χ1) is 50.3. The molecule has 44 atom stereocenters. The van der Waals surface area contributed by atoms with E-state index in [1.54, 1.807) is 0 Å². The normalized spacial score (nSPS) is 58.2. The Hall–Kier alpha value is -1.70. The predicted octanol–water partition coefficient (Wildman–Crippen LogP) is 1.24. The van der Waals surface area contributed by atoms with Gasteiger partial charge in [-0.3, -0.25) is 9.59 Å². The molecule has 16 fully saturated rings. The second-order valence-electron chi connectivity index (χ2n) is 37.4. The molecule has 16 rings (SSSR count). The maximum absolute atomic E-state index is 14.5. The first-order valence-electron chi connectivity index (χ1n) is 40.5. The zero-order chi connectivity index (χ0) is 75.5. The number of hydrogen-bond acceptors (Lipinski definition) is 28. The van der Waals surface area contributed by atoms with E-state index in [4.69, 9.17) is 56.8 Å². The highest BCUT2D eigenvalue weighted by Gasteiger charge is 2.74. The lowest BCUT2D eigenvalue weighted by Gasteiger charge is -2.60. The third-order valence-corrected chi connectivity index (χ3v) is 31.7. The molecule has 604 valence electrons. The molecule has 0 aromatic carbocycles. The number of aliphatic hydroxyl groups is 14. The number of ether oxygens (including phenoxy) is 12. The van der Waals surface area contributed by atoms with Crippen LogP contribution in [0.3, 0.4) is 0 Å². The molecular formula is C78H124O28. The highest BCUT2D eigenvalue weighted by molar-refractivity contribution is 5.85. The largest absolute Gasteiger partial charge is 0.394 e. The van der Waals surface area contributed by atoms with Gasteiger partial charge in [-0.1, -0.05) is 55.4 Å². The maximum Gasteiger partial charge on any atom is 0.187 e. The molecule has 106 heavy (non-hydrogen) atoms. The Kier molecular flexibility index (Phi) is 22.4. The van der Waals surface area contributed by atoms with Crippen LogP contribution < -0.4 is 0 Å². The zero-order valence-electron chi connectivity index (χ0n) is 62.9. The van der Waals surface area contributed by atoms with E-state index in [0.717, 1.165) is 90.3 Å². The summed E-state index contributed by atoms with van der Waals surface area (Å²) in [5.41, 5.74) is -0.577. The predicted molar refractivity (Wildman–Crippen MR) is 367 cm³/mol. The number of hydrogen-bond donors (Lipinski definition) is 14. The van der Waals surface area contributed by atoms with Crippen molar-refractivity contribution in [2.75, 3.05) is 39.6 Å². The Morgan fingerprint density at radius 2 is 0.736 bits per heavy atom. The van der Waals surface area contributed by atoms with Gasteiger partial charge in [-0.05, 0) is 171 Å². The lowest BCUT2D eigenvalue weighted by atomic mass is 9.44. The first kappa shape index (κ1) is 79.5. The van der Waals surface area contributed by atoms with E-state index in [0.29, 0.717) is 97.4 Å². The second-order valence-corrected chi connectivity index (χ2v) is 37.4. The molecular weight excluding hydrogens is 1380 g/mol. The van der Waals surface area contributed by atoms with Crippen molar-refractivity contribution in [1.29, 1.82) is 0 Å². The maximum atomic E-state index is 14.5. The van der Waals surface area contributed by atoms with E-state index < -0.39 is 161 Å². The molecule has 16 aliphatic rings. The van der Waals surface area contributed by atoms with E-state index in [-0.39, 0.29) is 81.6 Å². The van der Waals surface area contributed by atoms with Gasteiger partial charge in [0, 0.05) is 49.4 Å². The van der Waals surface area contributed by atoms with Crippen LogP contribution in [0.4, 0.5) is 0 Å². The topological polar surface area (TPSA) is 428 Å². The average molecular weight is 1510 g/mol. The molecule has 28 heteroatoms. The minimum atomic E-state index is -1.74. The summed E-state index contributed by atoms with van der Waals surface area (Å²) >= 11 is 0. The number of carbonyl (C=O) groups excluding carboxylic acids is 2. The van der Waals surface area contributed by atoms with Gasteiger partial charge in [0.05, 0.1) is 64.1 Å². The molecule has 8 saturated carbocycles. The van der Waals surface area contributed by atoms with Gasteiger partial charge in [0.2, 0.25) is 0 Å². The van der Waals surface area contributed by atoms with Crippen molar-refractivity contribution in [3.8, 4) is 0 Å². The minimum absolute atomic E-state index is 0.0208. The van der Waals surface area contributed by atoms with Crippen LogP contribution in [-0.4, -0.2) is 282 Å². The number of aliphatic hydroxyl groups excluding tert-OH is 14. The molecule has 14 N–H and O–H groups in total. The molecule has 8 aliphatic heterocycles. The van der Waals surface area contributed by atoms with Gasteiger partial charge in [-0.15, -0.1) is 0 Å². The zero-order valence-corrected chi connectivity index (χ0v) is 62.9. The first-order valence-corrected chi connectivity index (χ1v) is 40.5. The van der Waals surface area contributed by atoms with Crippen LogP contribution in [0.15, 0.2) is 0 Å². The van der Waals surface area contributed by atoms with Crippen molar-refractivity contribution in [2.45, 2.75) is 330 Å². The quantitative estimate of drug-likeness (QED) is 0.122. The van der Waals surface area contributed by atoms with Crippen molar-refractivity contribution in [1.82, 2.24) is 0 Å². The smallest absolute Gasteiger partial charge is 0.187 e. The highest BCUT2D eigenvalue weighted by Crippen LogP contribution is 2.73. The molecule has 0 bridgehead atoms. The Labute approximate surface area is 621 Å². The molecule has 8 heterocycles. The van der Waals surface area contributed by atoms with Gasteiger partial charge >= 0.3 is 0 Å². The number of carbonyl (C=O) groups is 2. The van der Waals surface area contributed by atoms with E-state index >= 15 is 0 Å². The summed E-state index contributed by atoms with van der Waals surface area (Å²) in [5.74, 6) is 3.83. The summed E-state index contributed by atoms with van der Waals surface area (Å²) in [6.45, 7) is 17.3. The van der Waals surface area contributed by atoms with Gasteiger partial charge in [0.25, 0.3) is 0 Å². The van der Waals surface area contributed by atoms with Crippen LogP contribution >= 0.6 is 0 Å². The molecule has 0 unspecified atom stereocenters. The fourth-order valence-electron chi connectivity index (χ4n) is 26.1. The summed E-state index contributed by atoms with van der Waals surface area (Å²) in [6, 6.07) is 0. The molecule has 0 aromatic heterocycles. The fourth-order valence-corrected chi connectivity index (χ4v) is 26.1. The Morgan fingerprint density at radius 1 is 0.387 bits per heavy atom. The molecule has 8 aliphatic carbocycles. The average Bonchev–Trinajstić information content (AvgIpc) is 1.51. The van der Waals surface area contributed by atoms with Crippen molar-refractivity contribution >= 4 is 11.6 Å². The van der Waals surface area contributed by atoms with Crippen LogP contribution in [-0.2, 0) is 66.4 Å². The van der Waals surface area contributed by atoms with Gasteiger partial charge in [0.1, 0.15) is 109 Å². The van der Waals surface area contributed by atoms with E-state index in [9.17, 15) is 81.1 Å².